The summed E-state index contributed by atoms with van der Waals surface area (Å²) in [5.41, 5.74) is 2.15. The topological polar surface area (TPSA) is 58.6 Å². The van der Waals surface area contributed by atoms with Gasteiger partial charge in [0.25, 0.3) is 0 Å². The molecule has 0 aliphatic rings. The van der Waals surface area contributed by atoms with E-state index in [1.165, 1.54) is 18.7 Å². The second-order valence-corrected chi connectivity index (χ2v) is 4.10. The van der Waals surface area contributed by atoms with E-state index in [9.17, 15) is 9.90 Å². The van der Waals surface area contributed by atoms with Gasteiger partial charge in [0.05, 0.1) is 12.7 Å². The molecular weight excluding hydrogens is 230 g/mol. The van der Waals surface area contributed by atoms with Crippen LogP contribution < -0.4 is 5.32 Å². The monoisotopic (exact) mass is 249 g/mol. The number of aliphatic hydroxyl groups excluding tert-OH is 1. The molecule has 0 fully saturated rings. The molecule has 18 heavy (non-hydrogen) atoms. The number of nitrogens with one attached hydrogen (secondary N) is 1. The van der Waals surface area contributed by atoms with Gasteiger partial charge in [-0.25, -0.2) is 0 Å². The summed E-state index contributed by atoms with van der Waals surface area (Å²) in [4.78, 5) is 11.4. The number of benzene rings is 1. The molecule has 0 aliphatic carbocycles. The third-order valence-electron chi connectivity index (χ3n) is 2.38. The summed E-state index contributed by atoms with van der Waals surface area (Å²) in [7, 11) is 1.50. The van der Waals surface area contributed by atoms with E-state index < -0.39 is 6.10 Å². The van der Waals surface area contributed by atoms with Crippen LogP contribution in [0.2, 0.25) is 0 Å². The largest absolute Gasteiger partial charge is 0.389 e. The molecule has 0 aromatic heterocycles. The lowest BCUT2D eigenvalue weighted by molar-refractivity contribution is -0.117. The smallest absolute Gasteiger partial charge is 0.244 e. The molecule has 1 amide bonds. The SMILES string of the molecule is COCC(O)CNC(=O)C=Cc1ccc(C)cc1. The maximum atomic E-state index is 11.4. The van der Waals surface area contributed by atoms with Crippen molar-refractivity contribution in [3.63, 3.8) is 0 Å². The quantitative estimate of drug-likeness (QED) is 0.743. The Labute approximate surface area is 107 Å². The normalized spacial score (nSPS) is 12.6. The van der Waals surface area contributed by atoms with Gasteiger partial charge in [0.2, 0.25) is 5.91 Å². The molecule has 1 atom stereocenters. The second kappa shape index (κ2) is 7.63. The summed E-state index contributed by atoms with van der Waals surface area (Å²) in [5.74, 6) is -0.231. The number of ether oxygens (including phenoxy) is 1. The van der Waals surface area contributed by atoms with Gasteiger partial charge in [0.15, 0.2) is 0 Å². The minimum absolute atomic E-state index is 0.185. The molecule has 0 saturated carbocycles. The Kier molecular flexibility index (Phi) is 6.11. The molecule has 0 saturated heterocycles. The summed E-state index contributed by atoms with van der Waals surface area (Å²) in [5, 5.41) is 11.9. The van der Waals surface area contributed by atoms with E-state index in [0.717, 1.165) is 5.56 Å². The minimum atomic E-state index is -0.674. The van der Waals surface area contributed by atoms with Crippen molar-refractivity contribution in [3.8, 4) is 0 Å². The maximum absolute atomic E-state index is 11.4. The van der Waals surface area contributed by atoms with Gasteiger partial charge >= 0.3 is 0 Å². The number of rotatable bonds is 6. The van der Waals surface area contributed by atoms with Gasteiger partial charge in [-0.3, -0.25) is 4.79 Å². The molecule has 0 spiro atoms. The fourth-order valence-corrected chi connectivity index (χ4v) is 1.38. The number of aliphatic hydroxyl groups is 1. The first-order valence-electron chi connectivity index (χ1n) is 5.81. The Morgan fingerprint density at radius 3 is 2.72 bits per heavy atom. The van der Waals surface area contributed by atoms with Crippen LogP contribution >= 0.6 is 0 Å². The number of hydrogen-bond acceptors (Lipinski definition) is 3. The molecular formula is C14H19NO3. The first-order valence-corrected chi connectivity index (χ1v) is 5.81. The number of methoxy groups -OCH3 is 1. The van der Waals surface area contributed by atoms with E-state index in [1.54, 1.807) is 6.08 Å². The highest BCUT2D eigenvalue weighted by Crippen LogP contribution is 2.04. The summed E-state index contributed by atoms with van der Waals surface area (Å²) >= 11 is 0. The van der Waals surface area contributed by atoms with Gasteiger partial charge in [-0.1, -0.05) is 29.8 Å². The molecule has 0 bridgehead atoms. The Morgan fingerprint density at radius 1 is 1.44 bits per heavy atom. The highest BCUT2D eigenvalue weighted by atomic mass is 16.5. The maximum Gasteiger partial charge on any atom is 0.244 e. The summed E-state index contributed by atoms with van der Waals surface area (Å²) in [6.45, 7) is 2.41. The molecule has 1 aromatic carbocycles. The van der Waals surface area contributed by atoms with Crippen LogP contribution in [0, 0.1) is 6.92 Å². The lowest BCUT2D eigenvalue weighted by atomic mass is 10.1. The van der Waals surface area contributed by atoms with Gasteiger partial charge in [-0.05, 0) is 18.6 Å². The van der Waals surface area contributed by atoms with Crippen molar-refractivity contribution in [1.82, 2.24) is 5.32 Å². The predicted molar refractivity (Wildman–Crippen MR) is 71.1 cm³/mol. The molecule has 0 heterocycles. The van der Waals surface area contributed by atoms with Crippen LogP contribution in [0.15, 0.2) is 30.3 Å². The van der Waals surface area contributed by atoms with E-state index in [-0.39, 0.29) is 19.1 Å². The summed E-state index contributed by atoms with van der Waals surface area (Å²) < 4.78 is 4.76. The Balaban J connectivity index is 2.37. The molecule has 98 valence electrons. The average Bonchev–Trinajstić information content (AvgIpc) is 2.36. The van der Waals surface area contributed by atoms with Gasteiger partial charge in [-0.15, -0.1) is 0 Å². The van der Waals surface area contributed by atoms with Crippen LogP contribution in [0.5, 0.6) is 0 Å². The zero-order valence-electron chi connectivity index (χ0n) is 10.7. The van der Waals surface area contributed by atoms with E-state index in [1.807, 2.05) is 31.2 Å². The van der Waals surface area contributed by atoms with Crippen molar-refractivity contribution >= 4 is 12.0 Å². The molecule has 0 aliphatic heterocycles. The Morgan fingerprint density at radius 2 is 2.11 bits per heavy atom. The summed E-state index contributed by atoms with van der Waals surface area (Å²) in [6, 6.07) is 7.86. The first kappa shape index (κ1) is 14.4. The second-order valence-electron chi connectivity index (χ2n) is 4.10. The fraction of sp³-hybridized carbons (Fsp3) is 0.357. The molecule has 1 rings (SSSR count). The van der Waals surface area contributed by atoms with E-state index in [4.69, 9.17) is 4.74 Å². The number of carbonyl (C=O) groups excluding carboxylic acids is 1. The highest BCUT2D eigenvalue weighted by Gasteiger charge is 2.03. The molecule has 1 aromatic rings. The number of hydrogen-bond donors (Lipinski definition) is 2. The van der Waals surface area contributed by atoms with Crippen LogP contribution in [0.1, 0.15) is 11.1 Å². The van der Waals surface area contributed by atoms with Gasteiger partial charge in [0.1, 0.15) is 0 Å². The van der Waals surface area contributed by atoms with Crippen molar-refractivity contribution < 1.29 is 14.6 Å². The number of amides is 1. The van der Waals surface area contributed by atoms with Gasteiger partial charge < -0.3 is 15.2 Å². The van der Waals surface area contributed by atoms with E-state index >= 15 is 0 Å². The summed E-state index contributed by atoms with van der Waals surface area (Å²) in [6.07, 6.45) is 2.51. The molecule has 1 unspecified atom stereocenters. The average molecular weight is 249 g/mol. The Hall–Kier alpha value is -1.65. The number of aryl methyl sites for hydroxylation is 1. The van der Waals surface area contributed by atoms with Crippen molar-refractivity contribution in [2.45, 2.75) is 13.0 Å². The molecule has 4 heteroatoms. The third-order valence-corrected chi connectivity index (χ3v) is 2.38. The minimum Gasteiger partial charge on any atom is -0.389 e. The van der Waals surface area contributed by atoms with Gasteiger partial charge in [-0.2, -0.15) is 0 Å². The van der Waals surface area contributed by atoms with Crippen LogP contribution in [0.3, 0.4) is 0 Å². The first-order chi connectivity index (χ1) is 8.61. The van der Waals surface area contributed by atoms with Gasteiger partial charge in [0, 0.05) is 19.7 Å². The predicted octanol–water partition coefficient (Wildman–Crippen LogP) is 1.13. The van der Waals surface area contributed by atoms with Crippen molar-refractivity contribution in [2.75, 3.05) is 20.3 Å². The van der Waals surface area contributed by atoms with Crippen LogP contribution in [0.4, 0.5) is 0 Å². The zero-order valence-corrected chi connectivity index (χ0v) is 10.7. The Bertz CT molecular complexity index is 398. The standard InChI is InChI=1S/C14H19NO3/c1-11-3-5-12(6-4-11)7-8-14(17)15-9-13(16)10-18-2/h3-8,13,16H,9-10H2,1-2H3,(H,15,17). The highest BCUT2D eigenvalue weighted by molar-refractivity contribution is 5.91. The van der Waals surface area contributed by atoms with E-state index in [0.29, 0.717) is 0 Å². The molecule has 0 radical (unpaired) electrons. The van der Waals surface area contributed by atoms with Crippen LogP contribution in [0.25, 0.3) is 6.08 Å². The fourth-order valence-electron chi connectivity index (χ4n) is 1.38. The lowest BCUT2D eigenvalue weighted by Gasteiger charge is -2.08. The van der Waals surface area contributed by atoms with Crippen molar-refractivity contribution in [3.05, 3.63) is 41.5 Å². The number of carbonyl (C=O) groups is 1. The molecule has 4 nitrogen and oxygen atoms in total. The van der Waals surface area contributed by atoms with Crippen molar-refractivity contribution in [1.29, 1.82) is 0 Å². The van der Waals surface area contributed by atoms with Crippen LogP contribution in [-0.2, 0) is 9.53 Å². The van der Waals surface area contributed by atoms with Crippen molar-refractivity contribution in [2.24, 2.45) is 0 Å². The third kappa shape index (κ3) is 5.61. The van der Waals surface area contributed by atoms with Crippen LogP contribution in [-0.4, -0.2) is 37.4 Å². The van der Waals surface area contributed by atoms with E-state index in [2.05, 4.69) is 5.32 Å². The molecule has 2 N–H and O–H groups in total. The zero-order chi connectivity index (χ0) is 13.4. The lowest BCUT2D eigenvalue weighted by Crippen LogP contribution is -2.33.